The standard InChI is InChI=1S/C13H18N4O/c1-9(2)7-17-8-16-12(13(17)14)10-4-5-11(18-3)15-6-10/h4-6,8-9H,7,14H2,1-3H3. The normalized spacial score (nSPS) is 10.9. The van der Waals surface area contributed by atoms with Crippen molar-refractivity contribution in [1.82, 2.24) is 14.5 Å². The molecule has 2 aromatic heterocycles. The highest BCUT2D eigenvalue weighted by Crippen LogP contribution is 2.25. The third kappa shape index (κ3) is 2.45. The van der Waals surface area contributed by atoms with Gasteiger partial charge in [-0.2, -0.15) is 0 Å². The molecular formula is C13H18N4O. The summed E-state index contributed by atoms with van der Waals surface area (Å²) in [5.41, 5.74) is 7.76. The third-order valence-corrected chi connectivity index (χ3v) is 2.66. The van der Waals surface area contributed by atoms with Crippen LogP contribution in [0.4, 0.5) is 5.82 Å². The highest BCUT2D eigenvalue weighted by Gasteiger charge is 2.11. The van der Waals surface area contributed by atoms with E-state index in [2.05, 4.69) is 23.8 Å². The lowest BCUT2D eigenvalue weighted by Gasteiger charge is -2.08. The molecule has 0 spiro atoms. The van der Waals surface area contributed by atoms with E-state index < -0.39 is 0 Å². The number of nitrogens with zero attached hydrogens (tertiary/aromatic N) is 3. The van der Waals surface area contributed by atoms with E-state index >= 15 is 0 Å². The Morgan fingerprint density at radius 3 is 2.67 bits per heavy atom. The van der Waals surface area contributed by atoms with Gasteiger partial charge in [-0.25, -0.2) is 9.97 Å². The van der Waals surface area contributed by atoms with Crippen LogP contribution < -0.4 is 10.5 Å². The minimum atomic E-state index is 0.531. The molecule has 0 aliphatic heterocycles. The molecule has 0 unspecified atom stereocenters. The quantitative estimate of drug-likeness (QED) is 0.898. The first-order chi connectivity index (χ1) is 8.61. The Balaban J connectivity index is 2.30. The van der Waals surface area contributed by atoms with E-state index in [4.69, 9.17) is 10.5 Å². The number of nitrogen functional groups attached to an aromatic ring is 1. The first kappa shape index (κ1) is 12.4. The Labute approximate surface area is 107 Å². The van der Waals surface area contributed by atoms with E-state index in [0.29, 0.717) is 17.6 Å². The van der Waals surface area contributed by atoms with Crippen LogP contribution in [0.5, 0.6) is 5.88 Å². The van der Waals surface area contributed by atoms with E-state index in [1.54, 1.807) is 25.7 Å². The van der Waals surface area contributed by atoms with Crippen LogP contribution in [0.25, 0.3) is 11.3 Å². The van der Waals surface area contributed by atoms with Gasteiger partial charge in [0.05, 0.1) is 13.4 Å². The summed E-state index contributed by atoms with van der Waals surface area (Å²) in [4.78, 5) is 8.51. The molecule has 2 rings (SSSR count). The molecule has 96 valence electrons. The summed E-state index contributed by atoms with van der Waals surface area (Å²) in [5, 5.41) is 0. The Morgan fingerprint density at radius 1 is 1.33 bits per heavy atom. The van der Waals surface area contributed by atoms with Gasteiger partial charge in [0.15, 0.2) is 0 Å². The van der Waals surface area contributed by atoms with Crippen molar-refractivity contribution in [2.75, 3.05) is 12.8 Å². The van der Waals surface area contributed by atoms with E-state index in [-0.39, 0.29) is 0 Å². The molecule has 0 saturated carbocycles. The predicted molar refractivity (Wildman–Crippen MR) is 71.3 cm³/mol. The van der Waals surface area contributed by atoms with Gasteiger partial charge in [0, 0.05) is 24.4 Å². The summed E-state index contributed by atoms with van der Waals surface area (Å²) in [7, 11) is 1.59. The van der Waals surface area contributed by atoms with Crippen LogP contribution in [-0.4, -0.2) is 21.6 Å². The van der Waals surface area contributed by atoms with Gasteiger partial charge in [0.25, 0.3) is 0 Å². The van der Waals surface area contributed by atoms with Crippen LogP contribution >= 0.6 is 0 Å². The van der Waals surface area contributed by atoms with Crippen LogP contribution in [0.2, 0.25) is 0 Å². The third-order valence-electron chi connectivity index (χ3n) is 2.66. The zero-order valence-corrected chi connectivity index (χ0v) is 10.9. The van der Waals surface area contributed by atoms with Gasteiger partial charge in [0.1, 0.15) is 11.5 Å². The number of hydrogen-bond donors (Lipinski definition) is 1. The van der Waals surface area contributed by atoms with Crippen molar-refractivity contribution in [1.29, 1.82) is 0 Å². The van der Waals surface area contributed by atoms with E-state index in [0.717, 1.165) is 17.8 Å². The maximum atomic E-state index is 6.10. The van der Waals surface area contributed by atoms with E-state index in [1.165, 1.54) is 0 Å². The van der Waals surface area contributed by atoms with Gasteiger partial charge in [-0.15, -0.1) is 0 Å². The average molecular weight is 246 g/mol. The van der Waals surface area contributed by atoms with Crippen molar-refractivity contribution >= 4 is 5.82 Å². The fourth-order valence-corrected chi connectivity index (χ4v) is 1.79. The maximum absolute atomic E-state index is 6.10. The van der Waals surface area contributed by atoms with Crippen molar-refractivity contribution in [2.24, 2.45) is 5.92 Å². The Hall–Kier alpha value is -2.04. The molecule has 0 saturated heterocycles. The first-order valence-corrected chi connectivity index (χ1v) is 5.92. The van der Waals surface area contributed by atoms with Gasteiger partial charge in [-0.05, 0) is 12.0 Å². The number of ether oxygens (including phenoxy) is 1. The van der Waals surface area contributed by atoms with Crippen molar-refractivity contribution in [2.45, 2.75) is 20.4 Å². The predicted octanol–water partition coefficient (Wildman–Crippen LogP) is 2.19. The topological polar surface area (TPSA) is 66.0 Å². The molecule has 0 radical (unpaired) electrons. The first-order valence-electron chi connectivity index (χ1n) is 5.92. The van der Waals surface area contributed by atoms with Crippen LogP contribution in [0.15, 0.2) is 24.7 Å². The maximum Gasteiger partial charge on any atom is 0.212 e. The van der Waals surface area contributed by atoms with Crippen molar-refractivity contribution in [3.63, 3.8) is 0 Å². The van der Waals surface area contributed by atoms with Crippen LogP contribution in [0.1, 0.15) is 13.8 Å². The van der Waals surface area contributed by atoms with Crippen LogP contribution in [0, 0.1) is 5.92 Å². The minimum Gasteiger partial charge on any atom is -0.481 e. The van der Waals surface area contributed by atoms with Crippen molar-refractivity contribution in [3.05, 3.63) is 24.7 Å². The second-order valence-corrected chi connectivity index (χ2v) is 4.61. The molecule has 0 amide bonds. The summed E-state index contributed by atoms with van der Waals surface area (Å²) < 4.78 is 6.99. The Bertz CT molecular complexity index is 516. The van der Waals surface area contributed by atoms with Gasteiger partial charge in [-0.1, -0.05) is 13.8 Å². The monoisotopic (exact) mass is 246 g/mol. The number of pyridine rings is 1. The fourth-order valence-electron chi connectivity index (χ4n) is 1.79. The summed E-state index contributed by atoms with van der Waals surface area (Å²) in [6.07, 6.45) is 3.49. The van der Waals surface area contributed by atoms with Crippen molar-refractivity contribution in [3.8, 4) is 17.1 Å². The number of rotatable bonds is 4. The summed E-state index contributed by atoms with van der Waals surface area (Å²) in [6.45, 7) is 5.16. The summed E-state index contributed by atoms with van der Waals surface area (Å²) in [5.74, 6) is 1.79. The summed E-state index contributed by atoms with van der Waals surface area (Å²) in [6, 6.07) is 3.71. The number of hydrogen-bond acceptors (Lipinski definition) is 4. The molecule has 0 aliphatic carbocycles. The van der Waals surface area contributed by atoms with Crippen molar-refractivity contribution < 1.29 is 4.74 Å². The van der Waals surface area contributed by atoms with E-state index in [1.807, 2.05) is 10.6 Å². The Kier molecular flexibility index (Phi) is 3.50. The number of anilines is 1. The lowest BCUT2D eigenvalue weighted by Crippen LogP contribution is -2.06. The highest BCUT2D eigenvalue weighted by atomic mass is 16.5. The molecule has 0 aromatic carbocycles. The van der Waals surface area contributed by atoms with Gasteiger partial charge < -0.3 is 15.0 Å². The van der Waals surface area contributed by atoms with Crippen LogP contribution in [-0.2, 0) is 6.54 Å². The lowest BCUT2D eigenvalue weighted by molar-refractivity contribution is 0.398. The summed E-state index contributed by atoms with van der Waals surface area (Å²) >= 11 is 0. The second-order valence-electron chi connectivity index (χ2n) is 4.61. The molecule has 2 N–H and O–H groups in total. The number of nitrogens with two attached hydrogens (primary N) is 1. The average Bonchev–Trinajstić information content (AvgIpc) is 2.71. The molecule has 0 atom stereocenters. The fraction of sp³-hybridized carbons (Fsp3) is 0.385. The number of methoxy groups -OCH3 is 1. The van der Waals surface area contributed by atoms with Gasteiger partial charge in [0.2, 0.25) is 5.88 Å². The minimum absolute atomic E-state index is 0.531. The number of imidazole rings is 1. The molecule has 0 fully saturated rings. The van der Waals surface area contributed by atoms with Crippen LogP contribution in [0.3, 0.4) is 0 Å². The lowest BCUT2D eigenvalue weighted by atomic mass is 10.2. The number of aromatic nitrogens is 3. The molecule has 2 heterocycles. The zero-order chi connectivity index (χ0) is 13.1. The van der Waals surface area contributed by atoms with E-state index in [9.17, 15) is 0 Å². The molecule has 5 heteroatoms. The largest absolute Gasteiger partial charge is 0.481 e. The molecule has 2 aromatic rings. The smallest absolute Gasteiger partial charge is 0.212 e. The second kappa shape index (κ2) is 5.08. The highest BCUT2D eigenvalue weighted by molar-refractivity contribution is 5.69. The SMILES string of the molecule is COc1ccc(-c2ncn(CC(C)C)c2N)cn1. The Morgan fingerprint density at radius 2 is 2.11 bits per heavy atom. The molecule has 0 aliphatic rings. The molecular weight excluding hydrogens is 228 g/mol. The zero-order valence-electron chi connectivity index (χ0n) is 10.9. The van der Waals surface area contributed by atoms with Gasteiger partial charge in [-0.3, -0.25) is 0 Å². The van der Waals surface area contributed by atoms with Gasteiger partial charge >= 0.3 is 0 Å². The molecule has 5 nitrogen and oxygen atoms in total. The molecule has 0 bridgehead atoms. The molecule has 18 heavy (non-hydrogen) atoms.